The molecule has 2 heterocycles. The standard InChI is InChI=1S/C23H30N4O2/c1-2-18(28)15-24-23(29)17-11-13-27(14-12-17)22-19-9-6-10-20(19)25-21(26-22)16-7-4-3-5-8-16/h3-5,7-8,17-18,28H,2,6,9-15H2,1H3,(H,24,29)/t18-/m1/s1. The van der Waals surface area contributed by atoms with Gasteiger partial charge < -0.3 is 15.3 Å². The van der Waals surface area contributed by atoms with Crippen LogP contribution in [0, 0.1) is 5.92 Å². The Balaban J connectivity index is 1.47. The smallest absolute Gasteiger partial charge is 0.223 e. The molecule has 154 valence electrons. The third kappa shape index (κ3) is 4.42. The highest BCUT2D eigenvalue weighted by atomic mass is 16.3. The first-order valence-electron chi connectivity index (χ1n) is 10.8. The lowest BCUT2D eigenvalue weighted by Gasteiger charge is -2.33. The van der Waals surface area contributed by atoms with Gasteiger partial charge in [0.15, 0.2) is 5.82 Å². The van der Waals surface area contributed by atoms with Crippen LogP contribution in [0.4, 0.5) is 5.82 Å². The van der Waals surface area contributed by atoms with Crippen molar-refractivity contribution in [2.45, 2.75) is 51.6 Å². The summed E-state index contributed by atoms with van der Waals surface area (Å²) in [5, 5.41) is 12.6. The fourth-order valence-corrected chi connectivity index (χ4v) is 4.25. The van der Waals surface area contributed by atoms with Crippen molar-refractivity contribution >= 4 is 11.7 Å². The van der Waals surface area contributed by atoms with E-state index in [4.69, 9.17) is 9.97 Å². The third-order valence-corrected chi connectivity index (χ3v) is 6.09. The highest BCUT2D eigenvalue weighted by Crippen LogP contribution is 2.33. The van der Waals surface area contributed by atoms with Crippen molar-refractivity contribution in [2.75, 3.05) is 24.5 Å². The molecule has 1 aromatic heterocycles. The SMILES string of the molecule is CC[C@@H](O)CNC(=O)C1CCN(c2nc(-c3ccccc3)nc3c2CCC3)CC1. The van der Waals surface area contributed by atoms with Crippen LogP contribution in [-0.4, -0.2) is 46.7 Å². The summed E-state index contributed by atoms with van der Waals surface area (Å²) in [5.74, 6) is 1.94. The molecule has 0 saturated carbocycles. The molecule has 1 aromatic carbocycles. The summed E-state index contributed by atoms with van der Waals surface area (Å²) in [6, 6.07) is 10.2. The third-order valence-electron chi connectivity index (χ3n) is 6.09. The van der Waals surface area contributed by atoms with Crippen LogP contribution in [0.25, 0.3) is 11.4 Å². The van der Waals surface area contributed by atoms with E-state index >= 15 is 0 Å². The number of rotatable bonds is 6. The number of amides is 1. The van der Waals surface area contributed by atoms with E-state index in [0.29, 0.717) is 13.0 Å². The molecule has 2 aliphatic rings. The number of nitrogens with zero attached hydrogens (tertiary/aromatic N) is 3. The van der Waals surface area contributed by atoms with Crippen LogP contribution in [0.15, 0.2) is 30.3 Å². The van der Waals surface area contributed by atoms with Gasteiger partial charge in [-0.3, -0.25) is 4.79 Å². The molecule has 29 heavy (non-hydrogen) atoms. The predicted octanol–water partition coefficient (Wildman–Crippen LogP) is 2.74. The van der Waals surface area contributed by atoms with Gasteiger partial charge in [-0.25, -0.2) is 9.97 Å². The summed E-state index contributed by atoms with van der Waals surface area (Å²) in [6.45, 7) is 3.91. The predicted molar refractivity (Wildman–Crippen MR) is 114 cm³/mol. The number of aliphatic hydroxyl groups excluding tert-OH is 1. The summed E-state index contributed by atoms with van der Waals surface area (Å²) >= 11 is 0. The van der Waals surface area contributed by atoms with Crippen molar-refractivity contribution in [2.24, 2.45) is 5.92 Å². The van der Waals surface area contributed by atoms with Crippen molar-refractivity contribution in [3.8, 4) is 11.4 Å². The molecule has 4 rings (SSSR count). The molecule has 2 aromatic rings. The van der Waals surface area contributed by atoms with Gasteiger partial charge in [0.25, 0.3) is 0 Å². The number of carbonyl (C=O) groups excluding carboxylic acids is 1. The molecule has 2 N–H and O–H groups in total. The lowest BCUT2D eigenvalue weighted by atomic mass is 9.95. The molecule has 0 radical (unpaired) electrons. The first-order chi connectivity index (χ1) is 14.2. The van der Waals surface area contributed by atoms with Gasteiger partial charge >= 0.3 is 0 Å². The van der Waals surface area contributed by atoms with Crippen molar-refractivity contribution in [1.29, 1.82) is 0 Å². The van der Waals surface area contributed by atoms with Crippen LogP contribution in [-0.2, 0) is 17.6 Å². The number of aromatic nitrogens is 2. The summed E-state index contributed by atoms with van der Waals surface area (Å²) in [7, 11) is 0. The van der Waals surface area contributed by atoms with E-state index < -0.39 is 6.10 Å². The number of aryl methyl sites for hydroxylation is 1. The van der Waals surface area contributed by atoms with Crippen molar-refractivity contribution in [3.05, 3.63) is 41.6 Å². The lowest BCUT2D eigenvalue weighted by molar-refractivity contribution is -0.126. The molecule has 1 saturated heterocycles. The molecule has 0 unspecified atom stereocenters. The largest absolute Gasteiger partial charge is 0.391 e. The van der Waals surface area contributed by atoms with E-state index in [-0.39, 0.29) is 11.8 Å². The second-order valence-corrected chi connectivity index (χ2v) is 8.08. The van der Waals surface area contributed by atoms with Gasteiger partial charge in [0.05, 0.1) is 6.10 Å². The number of aliphatic hydroxyl groups is 1. The Kier molecular flexibility index (Phi) is 6.09. The molecule has 1 fully saturated rings. The van der Waals surface area contributed by atoms with E-state index in [1.807, 2.05) is 25.1 Å². The van der Waals surface area contributed by atoms with Gasteiger partial charge in [0.1, 0.15) is 5.82 Å². The topological polar surface area (TPSA) is 78.4 Å². The Morgan fingerprint density at radius 2 is 1.97 bits per heavy atom. The number of carbonyl (C=O) groups is 1. The van der Waals surface area contributed by atoms with Gasteiger partial charge in [-0.15, -0.1) is 0 Å². The summed E-state index contributed by atoms with van der Waals surface area (Å²) in [5.41, 5.74) is 3.52. The van der Waals surface area contributed by atoms with Crippen LogP contribution in [0.5, 0.6) is 0 Å². The van der Waals surface area contributed by atoms with Gasteiger partial charge in [-0.05, 0) is 38.5 Å². The van der Waals surface area contributed by atoms with Crippen molar-refractivity contribution < 1.29 is 9.90 Å². The van der Waals surface area contributed by atoms with Crippen LogP contribution < -0.4 is 10.2 Å². The Bertz CT molecular complexity index is 847. The zero-order valence-corrected chi connectivity index (χ0v) is 17.1. The van der Waals surface area contributed by atoms with E-state index in [1.165, 1.54) is 11.3 Å². The molecule has 0 bridgehead atoms. The molecular formula is C23H30N4O2. The van der Waals surface area contributed by atoms with Crippen molar-refractivity contribution in [3.63, 3.8) is 0 Å². The highest BCUT2D eigenvalue weighted by Gasteiger charge is 2.29. The van der Waals surface area contributed by atoms with Crippen LogP contribution in [0.1, 0.15) is 43.9 Å². The molecule has 0 spiro atoms. The molecular weight excluding hydrogens is 364 g/mol. The molecule has 1 aliphatic carbocycles. The monoisotopic (exact) mass is 394 g/mol. The van der Waals surface area contributed by atoms with E-state index in [9.17, 15) is 9.90 Å². The Labute approximate surface area is 172 Å². The van der Waals surface area contributed by atoms with E-state index in [1.54, 1.807) is 0 Å². The Morgan fingerprint density at radius 1 is 1.21 bits per heavy atom. The average molecular weight is 395 g/mol. The molecule has 1 aliphatic heterocycles. The van der Waals surface area contributed by atoms with E-state index in [2.05, 4.69) is 22.3 Å². The first-order valence-corrected chi connectivity index (χ1v) is 10.8. The molecule has 6 heteroatoms. The van der Waals surface area contributed by atoms with Gasteiger partial charge in [0, 0.05) is 42.4 Å². The minimum atomic E-state index is -0.459. The number of nitrogens with one attached hydrogen (secondary N) is 1. The normalized spacial score (nSPS) is 17.8. The zero-order valence-electron chi connectivity index (χ0n) is 17.1. The second-order valence-electron chi connectivity index (χ2n) is 8.08. The fraction of sp³-hybridized carbons (Fsp3) is 0.522. The maximum absolute atomic E-state index is 12.4. The summed E-state index contributed by atoms with van der Waals surface area (Å²) in [4.78, 5) is 24.6. The molecule has 1 amide bonds. The van der Waals surface area contributed by atoms with Crippen LogP contribution in [0.3, 0.4) is 0 Å². The van der Waals surface area contributed by atoms with Crippen LogP contribution >= 0.6 is 0 Å². The number of benzene rings is 1. The zero-order chi connectivity index (χ0) is 20.2. The maximum atomic E-state index is 12.4. The number of hydrogen-bond donors (Lipinski definition) is 2. The summed E-state index contributed by atoms with van der Waals surface area (Å²) in [6.07, 6.45) is 5.01. The lowest BCUT2D eigenvalue weighted by Crippen LogP contribution is -2.43. The quantitative estimate of drug-likeness (QED) is 0.788. The van der Waals surface area contributed by atoms with Gasteiger partial charge in [0.2, 0.25) is 5.91 Å². The average Bonchev–Trinajstić information content (AvgIpc) is 3.26. The van der Waals surface area contributed by atoms with E-state index in [0.717, 1.165) is 62.4 Å². The number of fused-ring (bicyclic) bond motifs is 1. The van der Waals surface area contributed by atoms with Gasteiger partial charge in [-0.2, -0.15) is 0 Å². The first kappa shape index (κ1) is 19.8. The fourth-order valence-electron chi connectivity index (χ4n) is 4.25. The maximum Gasteiger partial charge on any atom is 0.223 e. The van der Waals surface area contributed by atoms with Crippen LogP contribution in [0.2, 0.25) is 0 Å². The molecule has 1 atom stereocenters. The minimum absolute atomic E-state index is 0.0128. The minimum Gasteiger partial charge on any atom is -0.391 e. The number of hydrogen-bond acceptors (Lipinski definition) is 5. The highest BCUT2D eigenvalue weighted by molar-refractivity contribution is 5.79. The second kappa shape index (κ2) is 8.91. The Morgan fingerprint density at radius 3 is 2.69 bits per heavy atom. The Hall–Kier alpha value is -2.47. The van der Waals surface area contributed by atoms with Crippen molar-refractivity contribution in [1.82, 2.24) is 15.3 Å². The molecule has 6 nitrogen and oxygen atoms in total. The van der Waals surface area contributed by atoms with Gasteiger partial charge in [-0.1, -0.05) is 37.3 Å². The number of piperidine rings is 1. The number of anilines is 1. The summed E-state index contributed by atoms with van der Waals surface area (Å²) < 4.78 is 0.